The van der Waals surface area contributed by atoms with Gasteiger partial charge in [0, 0.05) is 31.1 Å². The highest BCUT2D eigenvalue weighted by Gasteiger charge is 2.32. The van der Waals surface area contributed by atoms with Crippen molar-refractivity contribution in [1.29, 1.82) is 0 Å². The quantitative estimate of drug-likeness (QED) is 0.312. The monoisotopic (exact) mass is 594 g/mol. The number of hydrogen-bond donors (Lipinski definition) is 0. The number of rotatable bonds is 3. The van der Waals surface area contributed by atoms with Crippen LogP contribution in [0.25, 0.3) is 11.0 Å². The van der Waals surface area contributed by atoms with Crippen molar-refractivity contribution in [3.05, 3.63) is 82.2 Å². The number of nitrogens with zero attached hydrogens (tertiary/aromatic N) is 4. The van der Waals surface area contributed by atoms with Gasteiger partial charge in [0.25, 0.3) is 0 Å². The molecule has 0 amide bonds. The largest absolute Gasteiger partial charge is 0.494 e. The van der Waals surface area contributed by atoms with Crippen molar-refractivity contribution < 1.29 is 31.3 Å². The van der Waals surface area contributed by atoms with Gasteiger partial charge in [0.15, 0.2) is 0 Å². The third-order valence-corrected chi connectivity index (χ3v) is 8.98. The van der Waals surface area contributed by atoms with E-state index < -0.39 is 28.0 Å². The van der Waals surface area contributed by atoms with E-state index in [1.54, 1.807) is 31.2 Å². The number of fused-ring (bicyclic) bond motifs is 5. The van der Waals surface area contributed by atoms with E-state index >= 15 is 4.39 Å². The van der Waals surface area contributed by atoms with Gasteiger partial charge in [0.1, 0.15) is 22.8 Å². The van der Waals surface area contributed by atoms with Crippen LogP contribution in [0.15, 0.2) is 48.5 Å². The van der Waals surface area contributed by atoms with Crippen molar-refractivity contribution in [2.45, 2.75) is 58.7 Å². The number of aromatic nitrogens is 3. The number of hydrogen-bond acceptors (Lipinski definition) is 8. The molecule has 0 aliphatic carbocycles. The fraction of sp³-hybridized carbons (Fsp3) is 0.367. The van der Waals surface area contributed by atoms with E-state index in [0.717, 1.165) is 33.8 Å². The SMILES string of the molecule is CCOC(=O)CC1c2cc(F)cc(c2)CN2Cc3cc(ccc3OS2(=O)=O)OCCCCn2nnc3c(C)c1ccc32. The average Bonchev–Trinajstić information content (AvgIpc) is 3.35. The van der Waals surface area contributed by atoms with Crippen molar-refractivity contribution in [3.63, 3.8) is 0 Å². The van der Waals surface area contributed by atoms with Crippen molar-refractivity contribution in [2.75, 3.05) is 13.2 Å². The highest BCUT2D eigenvalue weighted by atomic mass is 32.2. The third-order valence-electron chi connectivity index (χ3n) is 7.70. The van der Waals surface area contributed by atoms with Crippen molar-refractivity contribution >= 4 is 27.3 Å². The first kappa shape index (κ1) is 28.1. The van der Waals surface area contributed by atoms with Gasteiger partial charge in [0.05, 0.1) is 25.2 Å². The second-order valence-electron chi connectivity index (χ2n) is 10.5. The molecule has 3 aliphatic rings. The molecule has 0 N–H and O–H groups in total. The molecule has 0 saturated heterocycles. The maximum Gasteiger partial charge on any atom is 0.385 e. The first-order valence-corrected chi connectivity index (χ1v) is 15.3. The Balaban J connectivity index is 1.47. The van der Waals surface area contributed by atoms with Gasteiger partial charge >= 0.3 is 16.3 Å². The minimum Gasteiger partial charge on any atom is -0.494 e. The van der Waals surface area contributed by atoms with Gasteiger partial charge in [-0.1, -0.05) is 17.3 Å². The average molecular weight is 595 g/mol. The maximum absolute atomic E-state index is 15.2. The highest BCUT2D eigenvalue weighted by Crippen LogP contribution is 2.36. The topological polar surface area (TPSA) is 113 Å². The van der Waals surface area contributed by atoms with Gasteiger partial charge in [-0.2, -0.15) is 12.7 Å². The van der Waals surface area contributed by atoms with E-state index in [-0.39, 0.29) is 31.9 Å². The Labute approximate surface area is 243 Å². The van der Waals surface area contributed by atoms with Crippen LogP contribution in [0.1, 0.15) is 59.9 Å². The smallest absolute Gasteiger partial charge is 0.385 e. The molecule has 10 nitrogen and oxygen atoms in total. The predicted octanol–water partition coefficient (Wildman–Crippen LogP) is 4.78. The number of esters is 1. The van der Waals surface area contributed by atoms with Crippen LogP contribution in [0.4, 0.5) is 4.39 Å². The Morgan fingerprint density at radius 3 is 2.81 bits per heavy atom. The molecule has 12 heteroatoms. The van der Waals surface area contributed by atoms with E-state index in [9.17, 15) is 13.2 Å². The number of ether oxygens (including phenoxy) is 2. The third kappa shape index (κ3) is 5.56. The van der Waals surface area contributed by atoms with Crippen LogP contribution >= 0.6 is 0 Å². The molecule has 9 bridgehead atoms. The Bertz CT molecular complexity index is 1770. The molecule has 4 aromatic rings. The van der Waals surface area contributed by atoms with E-state index in [0.29, 0.717) is 41.1 Å². The second kappa shape index (κ2) is 11.3. The van der Waals surface area contributed by atoms with E-state index in [4.69, 9.17) is 13.7 Å². The first-order valence-electron chi connectivity index (χ1n) is 13.9. The van der Waals surface area contributed by atoms with Crippen molar-refractivity contribution in [3.8, 4) is 11.5 Å². The molecule has 220 valence electrons. The molecule has 0 radical (unpaired) electrons. The molecule has 4 heterocycles. The Morgan fingerprint density at radius 2 is 1.98 bits per heavy atom. The van der Waals surface area contributed by atoms with Gasteiger partial charge in [-0.05, 0) is 85.3 Å². The summed E-state index contributed by atoms with van der Waals surface area (Å²) in [6, 6.07) is 13.3. The molecule has 2 unspecified atom stereocenters. The molecule has 0 spiro atoms. The normalized spacial score (nSPS) is 19.8. The lowest BCUT2D eigenvalue weighted by atomic mass is 9.85. The van der Waals surface area contributed by atoms with Gasteiger partial charge < -0.3 is 13.7 Å². The van der Waals surface area contributed by atoms with Gasteiger partial charge in [0.2, 0.25) is 0 Å². The summed E-state index contributed by atoms with van der Waals surface area (Å²) < 4.78 is 60.8. The summed E-state index contributed by atoms with van der Waals surface area (Å²) in [4.78, 5) is 12.8. The van der Waals surface area contributed by atoms with Crippen molar-refractivity contribution in [2.24, 2.45) is 0 Å². The fourth-order valence-corrected chi connectivity index (χ4v) is 6.76. The molecule has 0 fully saturated rings. The molecule has 0 saturated carbocycles. The number of benzene rings is 3. The minimum atomic E-state index is -4.13. The van der Waals surface area contributed by atoms with E-state index in [2.05, 4.69) is 10.3 Å². The van der Waals surface area contributed by atoms with Gasteiger partial charge in [-0.25, -0.2) is 9.07 Å². The molecule has 3 aliphatic heterocycles. The van der Waals surface area contributed by atoms with Gasteiger partial charge in [-0.15, -0.1) is 5.10 Å². The van der Waals surface area contributed by atoms with Crippen LogP contribution < -0.4 is 8.92 Å². The number of aryl methyl sites for hydroxylation is 2. The van der Waals surface area contributed by atoms with Crippen LogP contribution in [-0.2, 0) is 39.5 Å². The zero-order valence-corrected chi connectivity index (χ0v) is 24.2. The Morgan fingerprint density at radius 1 is 1.12 bits per heavy atom. The molecule has 3 aromatic carbocycles. The molecule has 1 aromatic heterocycles. The minimum absolute atomic E-state index is 0.0293. The predicted molar refractivity (Wildman–Crippen MR) is 152 cm³/mol. The lowest BCUT2D eigenvalue weighted by molar-refractivity contribution is -0.143. The zero-order valence-electron chi connectivity index (χ0n) is 23.4. The summed E-state index contributed by atoms with van der Waals surface area (Å²) in [6.07, 6.45) is 1.55. The van der Waals surface area contributed by atoms with E-state index in [1.165, 1.54) is 12.1 Å². The second-order valence-corrected chi connectivity index (χ2v) is 12.1. The van der Waals surface area contributed by atoms with Crippen LogP contribution in [-0.4, -0.2) is 46.9 Å². The lowest BCUT2D eigenvalue weighted by Crippen LogP contribution is -2.37. The van der Waals surface area contributed by atoms with Crippen LogP contribution in [0.2, 0.25) is 0 Å². The molecule has 7 rings (SSSR count). The molecule has 42 heavy (non-hydrogen) atoms. The first-order chi connectivity index (χ1) is 20.2. The number of carbonyl (C=O) groups excluding carboxylic acids is 1. The van der Waals surface area contributed by atoms with Crippen LogP contribution in [0.5, 0.6) is 11.5 Å². The van der Waals surface area contributed by atoms with Gasteiger partial charge in [-0.3, -0.25) is 4.79 Å². The highest BCUT2D eigenvalue weighted by molar-refractivity contribution is 7.84. The van der Waals surface area contributed by atoms with Crippen LogP contribution in [0, 0.1) is 12.7 Å². The number of carbonyl (C=O) groups is 1. The maximum atomic E-state index is 15.2. The van der Waals surface area contributed by atoms with Crippen molar-refractivity contribution in [1.82, 2.24) is 19.3 Å². The summed E-state index contributed by atoms with van der Waals surface area (Å²) in [7, 11) is -4.13. The summed E-state index contributed by atoms with van der Waals surface area (Å²) in [5.41, 5.74) is 4.77. The Hall–Kier alpha value is -4.03. The molecule has 2 atom stereocenters. The van der Waals surface area contributed by atoms with E-state index in [1.807, 2.05) is 23.7 Å². The number of halogens is 1. The summed E-state index contributed by atoms with van der Waals surface area (Å²) in [5.74, 6) is -0.686. The fourth-order valence-electron chi connectivity index (χ4n) is 5.67. The summed E-state index contributed by atoms with van der Waals surface area (Å²) in [5, 5.41) is 8.81. The zero-order chi connectivity index (χ0) is 29.4. The summed E-state index contributed by atoms with van der Waals surface area (Å²) in [6.45, 7) is 4.88. The van der Waals surface area contributed by atoms with Crippen LogP contribution in [0.3, 0.4) is 0 Å². The summed E-state index contributed by atoms with van der Waals surface area (Å²) >= 11 is 0. The Kier molecular flexibility index (Phi) is 7.58. The molecular formula is C30H31FN4O6S. The molecular weight excluding hydrogens is 563 g/mol. The lowest BCUT2D eigenvalue weighted by Gasteiger charge is -2.28. The standard InChI is InChI=1S/C30H31FN4O6S/c1-3-39-29(36)16-26-21-12-20(13-23(31)14-21)17-34-18-22-15-24(6-9-28(22)41-42(34,37)38)40-11-5-4-10-35-27-8-7-25(26)19(2)30(27)32-33-35/h6-9,12-15,26H,3-5,10-11,16-18H2,1-2H3.